The Bertz CT molecular complexity index is 996. The first kappa shape index (κ1) is 18.8. The number of carbonyl (C=O) groups excluding carboxylic acids is 4. The molecule has 3 rings (SSSR count). The Labute approximate surface area is 160 Å². The number of ketones is 2. The van der Waals surface area contributed by atoms with E-state index in [0.717, 1.165) is 0 Å². The highest BCUT2D eigenvalue weighted by Gasteiger charge is 2.33. The van der Waals surface area contributed by atoms with Gasteiger partial charge < -0.3 is 9.64 Å². The van der Waals surface area contributed by atoms with E-state index in [4.69, 9.17) is 16.3 Å². The number of likely N-dealkylation sites (N-methyl/N-ethyl adjacent to an activating group) is 1. The lowest BCUT2D eigenvalue weighted by atomic mass is 9.83. The van der Waals surface area contributed by atoms with Crippen LogP contribution in [0.15, 0.2) is 36.4 Å². The number of amides is 1. The third kappa shape index (κ3) is 3.13. The first-order valence-electron chi connectivity index (χ1n) is 8.17. The molecule has 2 aromatic carbocycles. The number of ether oxygens (including phenoxy) is 1. The summed E-state index contributed by atoms with van der Waals surface area (Å²) in [5, 5.41) is -0.158. The Morgan fingerprint density at radius 3 is 2.15 bits per heavy atom. The molecule has 0 fully saturated rings. The molecule has 0 saturated carbocycles. The second-order valence-electron chi connectivity index (χ2n) is 6.33. The molecule has 0 unspecified atom stereocenters. The van der Waals surface area contributed by atoms with Crippen molar-refractivity contribution in [1.29, 1.82) is 0 Å². The Kier molecular flexibility index (Phi) is 4.85. The lowest BCUT2D eigenvalue weighted by Gasteiger charge is -2.21. The molecule has 2 aromatic rings. The molecule has 0 N–H and O–H groups in total. The molecule has 1 aliphatic rings. The van der Waals surface area contributed by atoms with Gasteiger partial charge in [-0.1, -0.05) is 35.9 Å². The number of benzene rings is 2. The van der Waals surface area contributed by atoms with Gasteiger partial charge >= 0.3 is 5.97 Å². The van der Waals surface area contributed by atoms with Gasteiger partial charge in [-0.05, 0) is 19.1 Å². The van der Waals surface area contributed by atoms with Gasteiger partial charge in [0.15, 0.2) is 17.7 Å². The third-order valence-corrected chi connectivity index (χ3v) is 4.71. The smallest absolute Gasteiger partial charge is 0.340 e. The summed E-state index contributed by atoms with van der Waals surface area (Å²) in [5.74, 6) is -2.00. The van der Waals surface area contributed by atoms with E-state index in [2.05, 4.69) is 0 Å². The Morgan fingerprint density at radius 2 is 1.56 bits per heavy atom. The molecule has 0 saturated heterocycles. The van der Waals surface area contributed by atoms with Gasteiger partial charge in [-0.3, -0.25) is 14.4 Å². The van der Waals surface area contributed by atoms with Crippen molar-refractivity contribution in [2.75, 3.05) is 14.1 Å². The normalized spacial score (nSPS) is 13.5. The molecule has 1 aliphatic carbocycles. The zero-order chi connectivity index (χ0) is 19.9. The summed E-state index contributed by atoms with van der Waals surface area (Å²) in [5.41, 5.74) is 0.568. The average molecular weight is 386 g/mol. The SMILES string of the molecule is C[C@H](OC(=O)c1ccc2c(c1Cl)C(=O)c1ccccc1C2=O)C(=O)N(C)C. The molecule has 0 bridgehead atoms. The van der Waals surface area contributed by atoms with Gasteiger partial charge in [-0.15, -0.1) is 0 Å². The number of nitrogens with zero attached hydrogens (tertiary/aromatic N) is 1. The van der Waals surface area contributed by atoms with E-state index >= 15 is 0 Å². The van der Waals surface area contributed by atoms with Crippen LogP contribution in [0.25, 0.3) is 0 Å². The predicted molar refractivity (Wildman–Crippen MR) is 98.3 cm³/mol. The molecule has 27 heavy (non-hydrogen) atoms. The molecule has 0 aromatic heterocycles. The van der Waals surface area contributed by atoms with Gasteiger partial charge in [0.1, 0.15) is 0 Å². The Balaban J connectivity index is 2.00. The van der Waals surface area contributed by atoms with E-state index in [0.29, 0.717) is 5.56 Å². The molecule has 1 atom stereocenters. The summed E-state index contributed by atoms with van der Waals surface area (Å²) in [6.07, 6.45) is -1.02. The van der Waals surface area contributed by atoms with Gasteiger partial charge in [0, 0.05) is 30.8 Å². The van der Waals surface area contributed by atoms with Crippen LogP contribution in [0.1, 0.15) is 49.1 Å². The van der Waals surface area contributed by atoms with Crippen LogP contribution in [0.5, 0.6) is 0 Å². The molecule has 6 nitrogen and oxygen atoms in total. The molecule has 138 valence electrons. The zero-order valence-electron chi connectivity index (χ0n) is 14.9. The number of halogens is 1. The van der Waals surface area contributed by atoms with Gasteiger partial charge in [0.05, 0.1) is 16.1 Å². The van der Waals surface area contributed by atoms with Crippen molar-refractivity contribution in [2.24, 2.45) is 0 Å². The fourth-order valence-electron chi connectivity index (χ4n) is 2.94. The topological polar surface area (TPSA) is 80.8 Å². The fourth-order valence-corrected chi connectivity index (χ4v) is 3.27. The molecule has 0 radical (unpaired) electrons. The highest BCUT2D eigenvalue weighted by atomic mass is 35.5. The molecule has 0 spiro atoms. The Morgan fingerprint density at radius 1 is 0.963 bits per heavy atom. The second kappa shape index (κ2) is 6.96. The maximum atomic E-state index is 12.8. The number of rotatable bonds is 3. The summed E-state index contributed by atoms with van der Waals surface area (Å²) >= 11 is 6.30. The molecule has 0 heterocycles. The monoisotopic (exact) mass is 385 g/mol. The quantitative estimate of drug-likeness (QED) is 0.647. The van der Waals surface area contributed by atoms with Crippen LogP contribution in [-0.4, -0.2) is 48.5 Å². The van der Waals surface area contributed by atoms with Crippen molar-refractivity contribution in [3.05, 3.63) is 69.2 Å². The summed E-state index contributed by atoms with van der Waals surface area (Å²) in [4.78, 5) is 51.1. The second-order valence-corrected chi connectivity index (χ2v) is 6.71. The lowest BCUT2D eigenvalue weighted by Crippen LogP contribution is -2.35. The summed E-state index contributed by atoms with van der Waals surface area (Å²) in [6.45, 7) is 1.44. The van der Waals surface area contributed by atoms with Crippen molar-refractivity contribution >= 4 is 35.0 Å². The highest BCUT2D eigenvalue weighted by Crippen LogP contribution is 2.34. The first-order chi connectivity index (χ1) is 12.7. The minimum Gasteiger partial charge on any atom is -0.449 e. The minimum absolute atomic E-state index is 0.0265. The van der Waals surface area contributed by atoms with Crippen LogP contribution in [0.3, 0.4) is 0 Å². The number of hydrogen-bond acceptors (Lipinski definition) is 5. The molecule has 7 heteroatoms. The third-order valence-electron chi connectivity index (χ3n) is 4.32. The van der Waals surface area contributed by atoms with Crippen LogP contribution >= 0.6 is 11.6 Å². The lowest BCUT2D eigenvalue weighted by molar-refractivity contribution is -0.137. The van der Waals surface area contributed by atoms with E-state index in [-0.39, 0.29) is 33.1 Å². The maximum absolute atomic E-state index is 12.8. The van der Waals surface area contributed by atoms with Gasteiger partial charge in [0.25, 0.3) is 5.91 Å². The fraction of sp³-hybridized carbons (Fsp3) is 0.200. The van der Waals surface area contributed by atoms with Crippen LogP contribution in [0, 0.1) is 0 Å². The predicted octanol–water partition coefficient (Wildman–Crippen LogP) is 2.75. The summed E-state index contributed by atoms with van der Waals surface area (Å²) < 4.78 is 5.15. The van der Waals surface area contributed by atoms with E-state index in [1.165, 1.54) is 30.0 Å². The number of esters is 1. The van der Waals surface area contributed by atoms with Crippen LogP contribution in [-0.2, 0) is 9.53 Å². The first-order valence-corrected chi connectivity index (χ1v) is 8.55. The van der Waals surface area contributed by atoms with E-state index in [9.17, 15) is 19.2 Å². The van der Waals surface area contributed by atoms with Crippen molar-refractivity contribution < 1.29 is 23.9 Å². The molecular weight excluding hydrogens is 370 g/mol. The highest BCUT2D eigenvalue weighted by molar-refractivity contribution is 6.41. The Hall–Kier alpha value is -2.99. The standard InChI is InChI=1S/C20H16ClNO5/c1-10(19(25)22(2)3)27-20(26)14-9-8-13-15(16(14)21)18(24)12-7-5-4-6-11(12)17(13)23/h4-10H,1-3H3/t10-/m0/s1. The van der Waals surface area contributed by atoms with Gasteiger partial charge in [0.2, 0.25) is 0 Å². The van der Waals surface area contributed by atoms with Gasteiger partial charge in [-0.2, -0.15) is 0 Å². The van der Waals surface area contributed by atoms with E-state index < -0.39 is 23.8 Å². The van der Waals surface area contributed by atoms with Crippen molar-refractivity contribution in [2.45, 2.75) is 13.0 Å². The number of fused-ring (bicyclic) bond motifs is 2. The maximum Gasteiger partial charge on any atom is 0.340 e. The number of carbonyl (C=O) groups is 4. The van der Waals surface area contributed by atoms with Crippen LogP contribution < -0.4 is 0 Å². The summed E-state index contributed by atoms with van der Waals surface area (Å²) in [7, 11) is 3.08. The number of hydrogen-bond donors (Lipinski definition) is 0. The van der Waals surface area contributed by atoms with Crippen LogP contribution in [0.4, 0.5) is 0 Å². The average Bonchev–Trinajstić information content (AvgIpc) is 2.64. The molecule has 0 aliphatic heterocycles. The van der Waals surface area contributed by atoms with E-state index in [1.807, 2.05) is 0 Å². The van der Waals surface area contributed by atoms with Crippen LogP contribution in [0.2, 0.25) is 5.02 Å². The van der Waals surface area contributed by atoms with Crippen molar-refractivity contribution in [1.82, 2.24) is 4.90 Å². The molecular formula is C20H16ClNO5. The van der Waals surface area contributed by atoms with Gasteiger partial charge in [-0.25, -0.2) is 4.79 Å². The van der Waals surface area contributed by atoms with Crippen molar-refractivity contribution in [3.8, 4) is 0 Å². The van der Waals surface area contributed by atoms with E-state index in [1.54, 1.807) is 32.3 Å². The minimum atomic E-state index is -1.02. The summed E-state index contributed by atoms with van der Waals surface area (Å²) in [6, 6.07) is 9.14. The largest absolute Gasteiger partial charge is 0.449 e. The molecule has 1 amide bonds. The zero-order valence-corrected chi connectivity index (χ0v) is 15.7. The van der Waals surface area contributed by atoms with Crippen molar-refractivity contribution in [3.63, 3.8) is 0 Å².